The van der Waals surface area contributed by atoms with Gasteiger partial charge in [-0.05, 0) is 66.3 Å². The lowest BCUT2D eigenvalue weighted by Gasteiger charge is -2.33. The number of likely N-dealkylation sites (tertiary alicyclic amines) is 1. The van der Waals surface area contributed by atoms with E-state index in [1.165, 1.54) is 23.3 Å². The van der Waals surface area contributed by atoms with Gasteiger partial charge in [0.2, 0.25) is 10.0 Å². The van der Waals surface area contributed by atoms with Crippen molar-refractivity contribution >= 4 is 15.9 Å². The normalized spacial score (nSPS) is 19.4. The summed E-state index contributed by atoms with van der Waals surface area (Å²) in [5.74, 6) is -1.07. The molecule has 8 heteroatoms. The lowest BCUT2D eigenvalue weighted by Crippen LogP contribution is -2.40. The minimum absolute atomic E-state index is 0.0785. The fraction of sp³-hybridized carbons (Fsp3) is 0.519. The summed E-state index contributed by atoms with van der Waals surface area (Å²) in [5.41, 5.74) is 3.20. The number of carbonyl (C=O) groups is 1. The number of ether oxygens (including phenoxy) is 1. The van der Waals surface area contributed by atoms with Crippen LogP contribution in [0.2, 0.25) is 0 Å². The summed E-state index contributed by atoms with van der Waals surface area (Å²) < 4.78 is 45.8. The van der Waals surface area contributed by atoms with Gasteiger partial charge in [-0.25, -0.2) is 17.5 Å². The summed E-state index contributed by atoms with van der Waals surface area (Å²) in [7, 11) is -3.78. The highest BCUT2D eigenvalue weighted by Gasteiger charge is 2.31. The summed E-state index contributed by atoms with van der Waals surface area (Å²) in [6, 6.07) is 11.5. The number of amides is 1. The molecule has 4 rings (SSSR count). The van der Waals surface area contributed by atoms with Crippen LogP contribution in [0, 0.1) is 5.82 Å². The molecule has 2 fully saturated rings. The van der Waals surface area contributed by atoms with Crippen molar-refractivity contribution in [1.29, 1.82) is 0 Å². The highest BCUT2D eigenvalue weighted by molar-refractivity contribution is 7.89. The van der Waals surface area contributed by atoms with Crippen LogP contribution >= 0.6 is 0 Å². The second kappa shape index (κ2) is 9.90. The average molecular weight is 503 g/mol. The molecule has 2 aromatic rings. The van der Waals surface area contributed by atoms with E-state index >= 15 is 0 Å². The zero-order valence-electron chi connectivity index (χ0n) is 20.9. The number of hydrogen-bond donors (Lipinski definition) is 1. The Morgan fingerprint density at radius 1 is 1.14 bits per heavy atom. The quantitative estimate of drug-likeness (QED) is 0.592. The lowest BCUT2D eigenvalue weighted by molar-refractivity contribution is 0.0832. The summed E-state index contributed by atoms with van der Waals surface area (Å²) in [6.45, 7) is 9.17. The Labute approximate surface area is 207 Å². The van der Waals surface area contributed by atoms with Gasteiger partial charge in [0.15, 0.2) is 0 Å². The molecule has 1 aliphatic carbocycles. The first-order chi connectivity index (χ1) is 16.4. The first kappa shape index (κ1) is 25.6. The summed E-state index contributed by atoms with van der Waals surface area (Å²) in [6.07, 6.45) is 4.54. The van der Waals surface area contributed by atoms with E-state index in [-0.39, 0.29) is 23.0 Å². The molecule has 6 nitrogen and oxygen atoms in total. The Balaban J connectivity index is 1.45. The molecule has 1 N–H and O–H groups in total. The number of nitrogens with zero attached hydrogens (tertiary/aromatic N) is 1. The molecule has 35 heavy (non-hydrogen) atoms. The minimum atomic E-state index is -3.78. The largest absolute Gasteiger partial charge is 0.489 e. The highest BCUT2D eigenvalue weighted by Crippen LogP contribution is 2.45. The van der Waals surface area contributed by atoms with Crippen LogP contribution in [0.4, 0.5) is 4.39 Å². The van der Waals surface area contributed by atoms with Crippen molar-refractivity contribution in [3.8, 4) is 5.75 Å². The van der Waals surface area contributed by atoms with Crippen LogP contribution in [0.5, 0.6) is 5.75 Å². The Kier molecular flexibility index (Phi) is 7.25. The van der Waals surface area contributed by atoms with Gasteiger partial charge in [0.05, 0.1) is 11.8 Å². The molecule has 1 saturated carbocycles. The third-order valence-corrected chi connectivity index (χ3v) is 7.18. The summed E-state index contributed by atoms with van der Waals surface area (Å²) in [4.78, 5) is 14.7. The number of hydrogen-bond acceptors (Lipinski definition) is 5. The van der Waals surface area contributed by atoms with Gasteiger partial charge < -0.3 is 4.74 Å². The summed E-state index contributed by atoms with van der Waals surface area (Å²) in [5, 5.41) is 0. The third-order valence-electron chi connectivity index (χ3n) is 6.62. The average Bonchev–Trinajstić information content (AvgIpc) is 3.58. The first-order valence-corrected chi connectivity index (χ1v) is 14.1. The maximum absolute atomic E-state index is 14.8. The second-order valence-electron chi connectivity index (χ2n) is 10.9. The fourth-order valence-corrected chi connectivity index (χ4v) is 5.03. The Morgan fingerprint density at radius 3 is 2.43 bits per heavy atom. The number of sulfonamides is 1. The predicted molar refractivity (Wildman–Crippen MR) is 135 cm³/mol. The molecular formula is C27H35FN2O4S. The van der Waals surface area contributed by atoms with Crippen LogP contribution in [0.15, 0.2) is 36.4 Å². The van der Waals surface area contributed by atoms with Crippen LogP contribution in [0.3, 0.4) is 0 Å². The van der Waals surface area contributed by atoms with Gasteiger partial charge in [0, 0.05) is 19.2 Å². The van der Waals surface area contributed by atoms with Gasteiger partial charge in [0.25, 0.3) is 5.91 Å². The molecule has 2 aliphatic rings. The molecule has 0 unspecified atom stereocenters. The van der Waals surface area contributed by atoms with Gasteiger partial charge in [0.1, 0.15) is 17.7 Å². The van der Waals surface area contributed by atoms with Crippen molar-refractivity contribution < 1.29 is 22.3 Å². The van der Waals surface area contributed by atoms with E-state index in [1.54, 1.807) is 0 Å². The standard InChI is InChI=1S/C27H35FN2O4S/c1-27(2,3)20-11-7-18(8-12-20)16-30-13-5-6-21(17-30)34-25-15-24(28)23(14-22(25)19-9-10-19)26(31)29-35(4,32)33/h7-8,11-12,14-15,19,21H,5-6,9-10,13,16-17H2,1-4H3,(H,29,31)/t21-/m1/s1. The molecule has 1 saturated heterocycles. The number of rotatable bonds is 7. The van der Waals surface area contributed by atoms with E-state index in [9.17, 15) is 17.6 Å². The van der Waals surface area contributed by atoms with Crippen LogP contribution < -0.4 is 9.46 Å². The van der Waals surface area contributed by atoms with E-state index in [2.05, 4.69) is 49.9 Å². The smallest absolute Gasteiger partial charge is 0.267 e. The molecule has 0 aromatic heterocycles. The van der Waals surface area contributed by atoms with Gasteiger partial charge in [-0.2, -0.15) is 0 Å². The first-order valence-electron chi connectivity index (χ1n) is 12.2. The van der Waals surface area contributed by atoms with Gasteiger partial charge >= 0.3 is 0 Å². The summed E-state index contributed by atoms with van der Waals surface area (Å²) >= 11 is 0. The van der Waals surface area contributed by atoms with Crippen molar-refractivity contribution in [2.24, 2.45) is 0 Å². The van der Waals surface area contributed by atoms with Crippen LogP contribution in [-0.2, 0) is 22.0 Å². The zero-order valence-corrected chi connectivity index (χ0v) is 21.8. The van der Waals surface area contributed by atoms with Crippen molar-refractivity contribution in [2.45, 2.75) is 70.4 Å². The van der Waals surface area contributed by atoms with Crippen LogP contribution in [0.1, 0.15) is 79.4 Å². The Morgan fingerprint density at radius 2 is 1.83 bits per heavy atom. The topological polar surface area (TPSA) is 75.7 Å². The molecule has 1 atom stereocenters. The predicted octanol–water partition coefficient (Wildman–Crippen LogP) is 4.73. The van der Waals surface area contributed by atoms with E-state index in [4.69, 9.17) is 4.74 Å². The number of halogens is 1. The van der Waals surface area contributed by atoms with Gasteiger partial charge in [-0.3, -0.25) is 9.69 Å². The maximum Gasteiger partial charge on any atom is 0.267 e. The SMILES string of the molecule is CC(C)(C)c1ccc(CN2CCC[C@@H](Oc3cc(F)c(C(=O)NS(C)(=O)=O)cc3C3CC3)C2)cc1. The van der Waals surface area contributed by atoms with Crippen molar-refractivity contribution in [2.75, 3.05) is 19.3 Å². The molecular weight excluding hydrogens is 467 g/mol. The second-order valence-corrected chi connectivity index (χ2v) is 12.7. The number of carbonyl (C=O) groups excluding carboxylic acids is 1. The maximum atomic E-state index is 14.8. The van der Waals surface area contributed by atoms with E-state index in [0.717, 1.165) is 57.1 Å². The van der Waals surface area contributed by atoms with E-state index in [0.29, 0.717) is 5.75 Å². The fourth-order valence-electron chi connectivity index (χ4n) is 4.59. The van der Waals surface area contributed by atoms with Crippen molar-refractivity contribution in [3.05, 3.63) is 64.5 Å². The molecule has 0 spiro atoms. The van der Waals surface area contributed by atoms with Gasteiger partial charge in [-0.15, -0.1) is 0 Å². The minimum Gasteiger partial charge on any atom is -0.489 e. The Bertz CT molecular complexity index is 1180. The lowest BCUT2D eigenvalue weighted by atomic mass is 9.86. The number of piperidine rings is 1. The van der Waals surface area contributed by atoms with Crippen LogP contribution in [0.25, 0.3) is 0 Å². The number of benzene rings is 2. The van der Waals surface area contributed by atoms with Crippen LogP contribution in [-0.4, -0.2) is 44.7 Å². The van der Waals surface area contributed by atoms with E-state index < -0.39 is 21.7 Å². The van der Waals surface area contributed by atoms with E-state index in [1.807, 2.05) is 4.72 Å². The monoisotopic (exact) mass is 502 g/mol. The van der Waals surface area contributed by atoms with Crippen molar-refractivity contribution in [1.82, 2.24) is 9.62 Å². The zero-order chi connectivity index (χ0) is 25.4. The molecule has 190 valence electrons. The molecule has 1 heterocycles. The molecule has 1 aliphatic heterocycles. The molecule has 2 aromatic carbocycles. The third kappa shape index (κ3) is 6.82. The molecule has 0 bridgehead atoms. The molecule has 0 radical (unpaired) electrons. The highest BCUT2D eigenvalue weighted by atomic mass is 32.2. The van der Waals surface area contributed by atoms with Gasteiger partial charge in [-0.1, -0.05) is 45.0 Å². The Hall–Kier alpha value is -2.45. The molecule has 1 amide bonds. The number of nitrogens with one attached hydrogen (secondary N) is 1. The van der Waals surface area contributed by atoms with Crippen molar-refractivity contribution in [3.63, 3.8) is 0 Å².